The number of aryl methyl sites for hydroxylation is 2. The molecule has 2 aromatic rings. The molecule has 2 rings (SSSR count). The Morgan fingerprint density at radius 3 is 2.71 bits per heavy atom. The van der Waals surface area contributed by atoms with Crippen molar-refractivity contribution in [1.82, 2.24) is 9.97 Å². The van der Waals surface area contributed by atoms with Gasteiger partial charge < -0.3 is 10.3 Å². The van der Waals surface area contributed by atoms with E-state index in [2.05, 4.69) is 58.4 Å². The second kappa shape index (κ2) is 7.04. The first kappa shape index (κ1) is 15.3. The summed E-state index contributed by atoms with van der Waals surface area (Å²) >= 11 is 0. The van der Waals surface area contributed by atoms with Gasteiger partial charge in [-0.05, 0) is 18.9 Å². The van der Waals surface area contributed by atoms with Crippen molar-refractivity contribution in [3.05, 3.63) is 47.3 Å². The molecule has 0 atom stereocenters. The molecule has 0 saturated carbocycles. The van der Waals surface area contributed by atoms with E-state index in [4.69, 9.17) is 5.84 Å². The molecule has 0 spiro atoms. The largest absolute Gasteiger partial charge is 0.355 e. The van der Waals surface area contributed by atoms with Crippen LogP contribution in [0.25, 0.3) is 0 Å². The van der Waals surface area contributed by atoms with E-state index in [1.165, 1.54) is 11.1 Å². The third-order valence-corrected chi connectivity index (χ3v) is 3.27. The van der Waals surface area contributed by atoms with Gasteiger partial charge in [0.05, 0.1) is 0 Å². The molecule has 5 nitrogen and oxygen atoms in total. The molecule has 1 aromatic heterocycles. The van der Waals surface area contributed by atoms with Gasteiger partial charge in [0.15, 0.2) is 0 Å². The third-order valence-electron chi connectivity index (χ3n) is 3.27. The molecule has 0 amide bonds. The maximum absolute atomic E-state index is 5.50. The lowest BCUT2D eigenvalue weighted by Gasteiger charge is -2.20. The number of nitrogens with two attached hydrogens (primary N) is 1. The number of anilines is 2. The van der Waals surface area contributed by atoms with Crippen LogP contribution in [0, 0.1) is 6.92 Å². The summed E-state index contributed by atoms with van der Waals surface area (Å²) in [6.07, 6.45) is 1.86. The minimum Gasteiger partial charge on any atom is -0.355 e. The van der Waals surface area contributed by atoms with Crippen molar-refractivity contribution >= 4 is 11.6 Å². The summed E-state index contributed by atoms with van der Waals surface area (Å²) in [6, 6.07) is 10.4. The monoisotopic (exact) mass is 285 g/mol. The number of benzene rings is 1. The van der Waals surface area contributed by atoms with E-state index in [0.717, 1.165) is 31.0 Å². The molecule has 0 aliphatic carbocycles. The Morgan fingerprint density at radius 1 is 1.24 bits per heavy atom. The first-order chi connectivity index (χ1) is 10.1. The second-order valence-corrected chi connectivity index (χ2v) is 5.27. The molecule has 0 unspecified atom stereocenters. The van der Waals surface area contributed by atoms with Gasteiger partial charge in [0.25, 0.3) is 0 Å². The first-order valence-corrected chi connectivity index (χ1v) is 7.23. The lowest BCUT2D eigenvalue weighted by atomic mass is 10.1. The Hall–Kier alpha value is -2.14. The molecule has 112 valence electrons. The van der Waals surface area contributed by atoms with Crippen LogP contribution in [0.15, 0.2) is 30.3 Å². The van der Waals surface area contributed by atoms with Crippen molar-refractivity contribution in [2.24, 2.45) is 5.84 Å². The summed E-state index contributed by atoms with van der Waals surface area (Å²) in [5.74, 6) is 7.85. The molecule has 0 saturated heterocycles. The number of nitrogens with zero attached hydrogens (tertiary/aromatic N) is 3. The van der Waals surface area contributed by atoms with Gasteiger partial charge >= 0.3 is 0 Å². The Morgan fingerprint density at radius 2 is 2.05 bits per heavy atom. The fourth-order valence-electron chi connectivity index (χ4n) is 2.25. The lowest BCUT2D eigenvalue weighted by molar-refractivity contribution is 0.812. The summed E-state index contributed by atoms with van der Waals surface area (Å²) in [7, 11) is 2.03. The molecule has 3 N–H and O–H groups in total. The summed E-state index contributed by atoms with van der Waals surface area (Å²) in [6.45, 7) is 5.01. The summed E-state index contributed by atoms with van der Waals surface area (Å²) in [4.78, 5) is 11.1. The Labute approximate surface area is 126 Å². The fourth-order valence-corrected chi connectivity index (χ4v) is 2.25. The maximum atomic E-state index is 5.50. The predicted octanol–water partition coefficient (Wildman–Crippen LogP) is 2.66. The van der Waals surface area contributed by atoms with E-state index >= 15 is 0 Å². The van der Waals surface area contributed by atoms with Gasteiger partial charge in [0, 0.05) is 26.1 Å². The van der Waals surface area contributed by atoms with Gasteiger partial charge in [0.2, 0.25) is 0 Å². The molecule has 0 aliphatic rings. The van der Waals surface area contributed by atoms with Crippen molar-refractivity contribution in [3.8, 4) is 0 Å². The highest BCUT2D eigenvalue weighted by atomic mass is 15.3. The van der Waals surface area contributed by atoms with Crippen LogP contribution < -0.4 is 16.2 Å². The van der Waals surface area contributed by atoms with Gasteiger partial charge in [-0.3, -0.25) is 0 Å². The number of hydrogen-bond acceptors (Lipinski definition) is 5. The zero-order valence-electron chi connectivity index (χ0n) is 12.9. The number of aromatic nitrogens is 2. The first-order valence-electron chi connectivity index (χ1n) is 7.23. The lowest BCUT2D eigenvalue weighted by Crippen LogP contribution is -2.20. The second-order valence-electron chi connectivity index (χ2n) is 5.27. The predicted molar refractivity (Wildman–Crippen MR) is 87.1 cm³/mol. The van der Waals surface area contributed by atoms with E-state index in [-0.39, 0.29) is 0 Å². The molecule has 1 heterocycles. The van der Waals surface area contributed by atoms with E-state index in [1.807, 2.05) is 13.1 Å². The number of nitrogens with one attached hydrogen (secondary N) is 1. The van der Waals surface area contributed by atoms with Crippen LogP contribution in [0.1, 0.15) is 30.3 Å². The zero-order valence-corrected chi connectivity index (χ0v) is 12.9. The van der Waals surface area contributed by atoms with E-state index in [0.29, 0.717) is 5.82 Å². The zero-order chi connectivity index (χ0) is 15.2. The van der Waals surface area contributed by atoms with Crippen LogP contribution in [0.3, 0.4) is 0 Å². The van der Waals surface area contributed by atoms with Crippen molar-refractivity contribution in [2.75, 3.05) is 17.4 Å². The number of hydrazine groups is 1. The summed E-state index contributed by atoms with van der Waals surface area (Å²) in [5, 5.41) is 0. The highest BCUT2D eigenvalue weighted by molar-refractivity contribution is 5.49. The Kier molecular flexibility index (Phi) is 5.11. The van der Waals surface area contributed by atoms with Crippen LogP contribution >= 0.6 is 0 Å². The molecular formula is C16H23N5. The quantitative estimate of drug-likeness (QED) is 0.631. The fraction of sp³-hybridized carbons (Fsp3) is 0.375. The molecule has 5 heteroatoms. The van der Waals surface area contributed by atoms with Gasteiger partial charge in [-0.25, -0.2) is 15.8 Å². The van der Waals surface area contributed by atoms with Crippen molar-refractivity contribution in [1.29, 1.82) is 0 Å². The Balaban J connectivity index is 2.21. The highest BCUT2D eigenvalue weighted by Gasteiger charge is 2.08. The van der Waals surface area contributed by atoms with E-state index in [9.17, 15) is 0 Å². The minimum absolute atomic E-state index is 0.652. The number of rotatable bonds is 6. The molecule has 1 aromatic carbocycles. The normalized spacial score (nSPS) is 10.5. The van der Waals surface area contributed by atoms with Gasteiger partial charge in [-0.1, -0.05) is 36.8 Å². The highest BCUT2D eigenvalue weighted by Crippen LogP contribution is 2.17. The number of nitrogen functional groups attached to an aromatic ring is 1. The average Bonchev–Trinajstić information content (AvgIpc) is 2.47. The molecule has 21 heavy (non-hydrogen) atoms. The van der Waals surface area contributed by atoms with Crippen molar-refractivity contribution in [3.63, 3.8) is 0 Å². The molecule has 0 fully saturated rings. The van der Waals surface area contributed by atoms with E-state index < -0.39 is 0 Å². The van der Waals surface area contributed by atoms with Crippen LogP contribution in [0.5, 0.6) is 0 Å². The van der Waals surface area contributed by atoms with Crippen LogP contribution in [-0.2, 0) is 13.0 Å². The molecule has 0 radical (unpaired) electrons. The maximum Gasteiger partial charge on any atom is 0.145 e. The van der Waals surface area contributed by atoms with Gasteiger partial charge in [-0.15, -0.1) is 0 Å². The summed E-state index contributed by atoms with van der Waals surface area (Å²) < 4.78 is 0. The van der Waals surface area contributed by atoms with Gasteiger partial charge in [0.1, 0.15) is 17.5 Å². The van der Waals surface area contributed by atoms with Crippen LogP contribution in [-0.4, -0.2) is 17.0 Å². The van der Waals surface area contributed by atoms with Crippen LogP contribution in [0.2, 0.25) is 0 Å². The summed E-state index contributed by atoms with van der Waals surface area (Å²) in [5.41, 5.74) is 5.14. The Bertz CT molecular complexity index is 597. The molecular weight excluding hydrogens is 262 g/mol. The van der Waals surface area contributed by atoms with Crippen molar-refractivity contribution < 1.29 is 0 Å². The topological polar surface area (TPSA) is 67.1 Å². The third kappa shape index (κ3) is 4.16. The number of hydrogen-bond donors (Lipinski definition) is 2. The standard InChI is InChI=1S/C16H23N5/c1-4-6-14-18-15(20-17)10-16(19-14)21(3)11-13-8-5-7-12(2)9-13/h5,7-10H,4,6,11,17H2,1-3H3,(H,18,19,20). The van der Waals surface area contributed by atoms with Crippen molar-refractivity contribution in [2.45, 2.75) is 33.2 Å². The van der Waals surface area contributed by atoms with Crippen LogP contribution in [0.4, 0.5) is 11.6 Å². The molecule has 0 bridgehead atoms. The SMILES string of the molecule is CCCc1nc(NN)cc(N(C)Cc2cccc(C)c2)n1. The molecule has 0 aliphatic heterocycles. The smallest absolute Gasteiger partial charge is 0.145 e. The minimum atomic E-state index is 0.652. The van der Waals surface area contributed by atoms with E-state index in [1.54, 1.807) is 0 Å². The average molecular weight is 285 g/mol. The van der Waals surface area contributed by atoms with Gasteiger partial charge in [-0.2, -0.15) is 0 Å².